The van der Waals surface area contributed by atoms with Crippen molar-refractivity contribution in [3.8, 4) is 11.5 Å². The van der Waals surface area contributed by atoms with Crippen LogP contribution in [-0.2, 0) is 115 Å². The molecule has 9 rings (SSSR count). The molecule has 13 atom stereocenters. The van der Waals surface area contributed by atoms with Gasteiger partial charge in [-0.05, 0) is 88.4 Å². The molecule has 2 fully saturated rings. The molecular formula is C95H120N16O20S. The Kier molecular flexibility index (Phi) is 37.7. The Hall–Kier alpha value is -13.7. The number of carboxylic acids is 1. The maximum Gasteiger partial charge on any atom is 0.305 e. The Morgan fingerprint density at radius 2 is 0.970 bits per heavy atom. The fraction of sp³-hybridized carbons (Fsp3) is 0.432. The van der Waals surface area contributed by atoms with Gasteiger partial charge in [-0.3, -0.25) is 76.7 Å². The fourth-order valence-corrected chi connectivity index (χ4v) is 16.8. The van der Waals surface area contributed by atoms with Gasteiger partial charge in [-0.1, -0.05) is 181 Å². The van der Waals surface area contributed by atoms with Crippen molar-refractivity contribution in [3.63, 3.8) is 0 Å². The number of aliphatic hydroxyl groups excluding tert-OH is 1. The number of fused-ring (bicyclic) bond motifs is 2. The Bertz CT molecular complexity index is 5210. The molecule has 6 aromatic carbocycles. The maximum atomic E-state index is 15.7. The molecule has 36 nitrogen and oxygen atoms in total. The third kappa shape index (κ3) is 29.4. The molecule has 2 aliphatic rings. The van der Waals surface area contributed by atoms with Crippen LogP contribution < -0.4 is 53.6 Å². The van der Waals surface area contributed by atoms with Gasteiger partial charge in [0.15, 0.2) is 0 Å². The second kappa shape index (κ2) is 48.8. The molecule has 1 unspecified atom stereocenters. The zero-order chi connectivity index (χ0) is 96.2. The summed E-state index contributed by atoms with van der Waals surface area (Å²) < 4.78 is 0. The third-order valence-corrected chi connectivity index (χ3v) is 24.2. The number of aromatic amines is 1. The predicted octanol–water partition coefficient (Wildman–Crippen LogP) is 1.83. The van der Waals surface area contributed by atoms with Crippen LogP contribution in [0, 0.1) is 11.8 Å². The SMILES string of the molecule is CCCC[C@H]1C(=O)N2C[C@H](O)C[C@@H]2C(=O)N[C@@H](CC(=O)O)C(=O)N[C@@H](C(C)C)C(=O)N(C)[C@@H](Cc2ccccc2)C(=O)N[C@@H](Cc2ccc(O)cc2)C(=O)N(C)CC(=O)N[C@@H](Cc2c[nH]c3ccccc23)C(=O)N[C@@H](Cc2ccc(O)cc2)C(=O)N[C@@H](CC(C)C)C(=O)N[C@H](C(=O)NCC(N)=O)CSCC(=O)N[C@@H](Cc2ccccc2)C(=O)N(C)C(Cc2ccccc2)C(=O)N1C. The van der Waals surface area contributed by atoms with Crippen LogP contribution in [0.2, 0.25) is 0 Å². The lowest BCUT2D eigenvalue weighted by Crippen LogP contribution is -2.61. The van der Waals surface area contributed by atoms with Gasteiger partial charge in [0, 0.05) is 103 Å². The van der Waals surface area contributed by atoms with Gasteiger partial charge in [0.1, 0.15) is 84.0 Å². The second-order valence-electron chi connectivity index (χ2n) is 34.2. The number of nitrogens with zero attached hydrogens (tertiary/aromatic N) is 5. The van der Waals surface area contributed by atoms with Crippen molar-refractivity contribution in [2.75, 3.05) is 59.3 Å². The molecule has 16 N–H and O–H groups in total. The van der Waals surface area contributed by atoms with E-state index in [0.29, 0.717) is 57.1 Å². The lowest BCUT2D eigenvalue weighted by molar-refractivity contribution is -0.152. The number of aromatic hydroxyl groups is 2. The van der Waals surface area contributed by atoms with E-state index in [4.69, 9.17) is 5.73 Å². The van der Waals surface area contributed by atoms with Gasteiger partial charge in [-0.2, -0.15) is 0 Å². The zero-order valence-corrected chi connectivity index (χ0v) is 76.2. The number of primary amides is 1. The molecular weight excluding hydrogens is 1720 g/mol. The number of carbonyl (C=O) groups is 16. The zero-order valence-electron chi connectivity index (χ0n) is 75.4. The van der Waals surface area contributed by atoms with Crippen molar-refractivity contribution in [3.05, 3.63) is 203 Å². The number of carbonyl (C=O) groups excluding carboxylic acids is 15. The van der Waals surface area contributed by atoms with Crippen LogP contribution in [0.1, 0.15) is 107 Å². The number of para-hydroxylation sites is 1. The molecule has 706 valence electrons. The van der Waals surface area contributed by atoms with Crippen molar-refractivity contribution < 1.29 is 97.1 Å². The summed E-state index contributed by atoms with van der Waals surface area (Å²) in [5, 5.41) is 67.2. The first-order valence-electron chi connectivity index (χ1n) is 43.9. The maximum absolute atomic E-state index is 15.7. The minimum atomic E-state index is -1.98. The lowest BCUT2D eigenvalue weighted by Gasteiger charge is -2.38. The van der Waals surface area contributed by atoms with Crippen molar-refractivity contribution in [1.29, 1.82) is 0 Å². The first-order valence-corrected chi connectivity index (χ1v) is 45.0. The Morgan fingerprint density at radius 1 is 0.492 bits per heavy atom. The summed E-state index contributed by atoms with van der Waals surface area (Å²) >= 11 is 0.820. The van der Waals surface area contributed by atoms with Crippen LogP contribution in [0.25, 0.3) is 10.9 Å². The van der Waals surface area contributed by atoms with E-state index < -0.39 is 223 Å². The number of aliphatic hydroxyl groups is 1. The first kappa shape index (κ1) is 102. The van der Waals surface area contributed by atoms with Gasteiger partial charge in [0.05, 0.1) is 31.4 Å². The molecule has 0 radical (unpaired) electrons. The molecule has 7 aromatic rings. The summed E-state index contributed by atoms with van der Waals surface area (Å²) in [5.41, 5.74) is 9.05. The number of benzene rings is 6. The average Bonchev–Trinajstić information content (AvgIpc) is 1.21. The van der Waals surface area contributed by atoms with Crippen molar-refractivity contribution >= 4 is 117 Å². The Balaban J connectivity index is 1.13. The number of hydrogen-bond acceptors (Lipinski definition) is 20. The van der Waals surface area contributed by atoms with Gasteiger partial charge in [-0.25, -0.2) is 0 Å². The van der Waals surface area contributed by atoms with E-state index in [2.05, 4.69) is 52.8 Å². The number of rotatable bonds is 23. The summed E-state index contributed by atoms with van der Waals surface area (Å²) in [6, 6.07) is 25.1. The number of phenolic OH excluding ortho intramolecular Hbond substituents is 2. The molecule has 0 saturated carbocycles. The molecule has 37 heteroatoms. The van der Waals surface area contributed by atoms with Gasteiger partial charge >= 0.3 is 5.97 Å². The van der Waals surface area contributed by atoms with E-state index in [0.717, 1.165) is 36.3 Å². The van der Waals surface area contributed by atoms with Crippen molar-refractivity contribution in [1.82, 2.24) is 77.3 Å². The molecule has 0 spiro atoms. The Labute approximate surface area is 769 Å². The number of carboxylic acid groups (broad SMARTS) is 1. The summed E-state index contributed by atoms with van der Waals surface area (Å²) in [5.74, 6) is -17.9. The molecule has 0 aliphatic carbocycles. The van der Waals surface area contributed by atoms with Gasteiger partial charge < -0.3 is 103 Å². The van der Waals surface area contributed by atoms with E-state index in [1.165, 1.54) is 76.7 Å². The van der Waals surface area contributed by atoms with Crippen LogP contribution in [0.3, 0.4) is 0 Å². The standard InChI is InChI=1S/C95H120N16O20S/c1-10-11-31-75-94(130)111-51-65(114)47-77(111)90(126)103-71(48-82(118)119)88(124)106-83(56(4)5)95(131)109(8)76(44-58-25-17-13-18-26-58)89(125)104-72(43-61-34-38-64(113)39-35-61)91(127)107(6)52-80(116)99-70(46-62-49-97-67-30-22-21-29-66(62)67)87(123)102-69(41-60-32-36-63(112)37-33-60)86(122)101-68(40-55(2)3)85(121)105-74(84(120)98-50-79(96)115)53-132-54-81(117)100-73(42-57-23-15-12-16-24-57)92(128)110(9)78(93(129)108(75)7)45-59-27-19-14-20-28-59/h12-30,32-39,49,55-56,65,68-78,83,97,112-114H,10-11,31,40-48,50-54H2,1-9H3,(H2,96,115)(H,98,120)(H,99,116)(H,100,117)(H,101,122)(H,102,123)(H,103,126)(H,104,125)(H,105,121)(H,106,124)(H,118,119)/t65-,68+,69+,70+,71+,72+,73+,74+,75+,76+,77-,78?,83+/m1/s1. The van der Waals surface area contributed by atoms with Gasteiger partial charge in [-0.15, -0.1) is 11.8 Å². The molecule has 3 heterocycles. The van der Waals surface area contributed by atoms with Crippen LogP contribution in [0.15, 0.2) is 170 Å². The summed E-state index contributed by atoms with van der Waals surface area (Å²) in [4.78, 5) is 246. The van der Waals surface area contributed by atoms with Crippen LogP contribution in [0.5, 0.6) is 11.5 Å². The number of H-pyrrole nitrogens is 1. The highest BCUT2D eigenvalue weighted by Crippen LogP contribution is 2.28. The smallest absolute Gasteiger partial charge is 0.305 e. The highest BCUT2D eigenvalue weighted by molar-refractivity contribution is 8.00. The largest absolute Gasteiger partial charge is 0.508 e. The number of nitrogens with two attached hydrogens (primary N) is 1. The van der Waals surface area contributed by atoms with Crippen LogP contribution in [-0.4, -0.2) is 282 Å². The molecule has 0 bridgehead atoms. The molecule has 2 saturated heterocycles. The van der Waals surface area contributed by atoms with Crippen molar-refractivity contribution in [2.45, 2.75) is 190 Å². The van der Waals surface area contributed by atoms with E-state index in [1.54, 1.807) is 149 Å². The van der Waals surface area contributed by atoms with E-state index >= 15 is 38.4 Å². The normalized spacial score (nSPS) is 23.2. The highest BCUT2D eigenvalue weighted by Gasteiger charge is 2.47. The summed E-state index contributed by atoms with van der Waals surface area (Å²) in [6.07, 6.45) is -2.03. The van der Waals surface area contributed by atoms with E-state index in [1.807, 2.05) is 6.92 Å². The van der Waals surface area contributed by atoms with Crippen molar-refractivity contribution in [2.24, 2.45) is 17.6 Å². The number of hydrogen-bond donors (Lipinski definition) is 15. The highest BCUT2D eigenvalue weighted by atomic mass is 32.2. The average molecular weight is 1840 g/mol. The topological polar surface area (TPSA) is 520 Å². The lowest BCUT2D eigenvalue weighted by atomic mass is 9.98. The second-order valence-corrected chi connectivity index (χ2v) is 35.2. The third-order valence-electron chi connectivity index (χ3n) is 23.2. The fourth-order valence-electron chi connectivity index (χ4n) is 15.9. The number of aliphatic carboxylic acids is 1. The summed E-state index contributed by atoms with van der Waals surface area (Å²) in [7, 11) is 5.23. The monoisotopic (exact) mass is 1840 g/mol. The number of aromatic nitrogens is 1. The molecule has 1 aromatic heterocycles. The molecule has 15 amide bonds. The molecule has 132 heavy (non-hydrogen) atoms. The minimum absolute atomic E-state index is 0.0306. The number of amides is 15. The number of unbranched alkanes of at least 4 members (excludes halogenated alkanes) is 1. The first-order chi connectivity index (χ1) is 62.9. The minimum Gasteiger partial charge on any atom is -0.508 e. The number of nitrogens with one attached hydrogen (secondary N) is 10. The number of phenols is 2. The van der Waals surface area contributed by atoms with Gasteiger partial charge in [0.25, 0.3) is 0 Å². The van der Waals surface area contributed by atoms with E-state index in [-0.39, 0.29) is 68.8 Å². The predicted molar refractivity (Wildman–Crippen MR) is 491 cm³/mol. The Morgan fingerprint density at radius 3 is 1.53 bits per heavy atom. The molecule has 2 aliphatic heterocycles. The van der Waals surface area contributed by atoms with E-state index in [9.17, 15) is 58.8 Å². The van der Waals surface area contributed by atoms with Crippen LogP contribution >= 0.6 is 11.8 Å². The number of likely N-dealkylation sites (N-methyl/N-ethyl adjacent to an activating group) is 4. The summed E-state index contributed by atoms with van der Waals surface area (Å²) in [6.45, 7) is 6.44. The number of thioether (sulfide) groups is 1. The quantitative estimate of drug-likeness (QED) is 0.0434. The van der Waals surface area contributed by atoms with Gasteiger partial charge in [0.2, 0.25) is 88.6 Å². The van der Waals surface area contributed by atoms with Crippen LogP contribution in [0.4, 0.5) is 0 Å².